The molecule has 2 N–H and O–H groups in total. The normalized spacial score (nSPS) is 12.5. The predicted molar refractivity (Wildman–Crippen MR) is 105 cm³/mol. The third-order valence-electron chi connectivity index (χ3n) is 3.97. The molecule has 0 radical (unpaired) electrons. The summed E-state index contributed by atoms with van der Waals surface area (Å²) in [6.45, 7) is 5.78. The number of carbonyl (C=O) groups is 1. The van der Waals surface area contributed by atoms with E-state index >= 15 is 0 Å². The van der Waals surface area contributed by atoms with Crippen molar-refractivity contribution >= 4 is 33.2 Å². The van der Waals surface area contributed by atoms with Gasteiger partial charge >= 0.3 is 0 Å². The highest BCUT2D eigenvalue weighted by Gasteiger charge is 2.17. The fourth-order valence-electron chi connectivity index (χ4n) is 2.50. The van der Waals surface area contributed by atoms with Crippen LogP contribution in [0.5, 0.6) is 0 Å². The Labute approximate surface area is 159 Å². The summed E-state index contributed by atoms with van der Waals surface area (Å²) in [6.07, 6.45) is 1.86. The molecule has 26 heavy (non-hydrogen) atoms. The van der Waals surface area contributed by atoms with E-state index in [9.17, 15) is 13.2 Å². The molecule has 140 valence electrons. The van der Waals surface area contributed by atoms with Crippen molar-refractivity contribution < 1.29 is 13.2 Å². The summed E-state index contributed by atoms with van der Waals surface area (Å²) in [5.41, 5.74) is 1.50. The van der Waals surface area contributed by atoms with Crippen LogP contribution in [0.2, 0.25) is 5.02 Å². The maximum absolute atomic E-state index is 12.6. The first-order valence-corrected chi connectivity index (χ1v) is 10.3. The topological polar surface area (TPSA) is 75.3 Å². The highest BCUT2D eigenvalue weighted by Crippen LogP contribution is 2.22. The highest BCUT2D eigenvalue weighted by atomic mass is 35.5. The number of hydrogen-bond donors (Lipinski definition) is 2. The Hall–Kier alpha value is -2.05. The van der Waals surface area contributed by atoms with E-state index in [2.05, 4.69) is 17.0 Å². The van der Waals surface area contributed by atoms with Crippen LogP contribution in [0.4, 0.5) is 5.69 Å². The molecule has 2 aromatic carbocycles. The lowest BCUT2D eigenvalue weighted by Gasteiger charge is -2.15. The number of benzene rings is 2. The van der Waals surface area contributed by atoms with Gasteiger partial charge in [0, 0.05) is 16.6 Å². The van der Waals surface area contributed by atoms with Crippen molar-refractivity contribution in [3.63, 3.8) is 0 Å². The average molecular weight is 395 g/mol. The Morgan fingerprint density at radius 2 is 1.81 bits per heavy atom. The first-order valence-electron chi connectivity index (χ1n) is 8.43. The Bertz CT molecular complexity index is 880. The number of amides is 1. The molecule has 0 aliphatic carbocycles. The lowest BCUT2D eigenvalue weighted by molar-refractivity contribution is 0.0938. The molecule has 0 bridgehead atoms. The molecule has 0 saturated carbocycles. The standard InChI is InChI=1S/C19H23ClN2O3S/c1-4-5-14(3)21-19(23)15-7-6-13(2)18(12-15)22-26(24,25)17-10-8-16(20)9-11-17/h6-12,14,22H,4-5H2,1-3H3,(H,21,23)/t14-/m0/s1. The van der Waals surface area contributed by atoms with Gasteiger partial charge < -0.3 is 5.32 Å². The van der Waals surface area contributed by atoms with Crippen molar-refractivity contribution in [1.29, 1.82) is 0 Å². The van der Waals surface area contributed by atoms with Crippen LogP contribution in [-0.4, -0.2) is 20.4 Å². The molecule has 5 nitrogen and oxygen atoms in total. The number of aryl methyl sites for hydroxylation is 1. The summed E-state index contributed by atoms with van der Waals surface area (Å²) in [5.74, 6) is -0.224. The maximum atomic E-state index is 12.6. The fourth-order valence-corrected chi connectivity index (χ4v) is 3.75. The number of halogens is 1. The number of anilines is 1. The maximum Gasteiger partial charge on any atom is 0.261 e. The van der Waals surface area contributed by atoms with Crippen LogP contribution < -0.4 is 10.0 Å². The second-order valence-electron chi connectivity index (χ2n) is 6.25. The van der Waals surface area contributed by atoms with Gasteiger partial charge in [0.25, 0.3) is 15.9 Å². The van der Waals surface area contributed by atoms with Gasteiger partial charge in [-0.25, -0.2) is 8.42 Å². The van der Waals surface area contributed by atoms with E-state index in [0.29, 0.717) is 16.3 Å². The lowest BCUT2D eigenvalue weighted by atomic mass is 10.1. The summed E-state index contributed by atoms with van der Waals surface area (Å²) >= 11 is 5.81. The van der Waals surface area contributed by atoms with Gasteiger partial charge in [0.15, 0.2) is 0 Å². The zero-order valence-electron chi connectivity index (χ0n) is 15.0. The van der Waals surface area contributed by atoms with Gasteiger partial charge in [0.2, 0.25) is 0 Å². The summed E-state index contributed by atoms with van der Waals surface area (Å²) in [4.78, 5) is 12.5. The third-order valence-corrected chi connectivity index (χ3v) is 5.60. The number of hydrogen-bond acceptors (Lipinski definition) is 3. The molecule has 1 amide bonds. The van der Waals surface area contributed by atoms with E-state index in [1.165, 1.54) is 24.3 Å². The van der Waals surface area contributed by atoms with E-state index in [4.69, 9.17) is 11.6 Å². The van der Waals surface area contributed by atoms with Crippen LogP contribution in [0.15, 0.2) is 47.4 Å². The summed E-state index contributed by atoms with van der Waals surface area (Å²) in [6, 6.07) is 10.9. The van der Waals surface area contributed by atoms with Gasteiger partial charge in [0.05, 0.1) is 10.6 Å². The van der Waals surface area contributed by atoms with Crippen LogP contribution >= 0.6 is 11.6 Å². The number of rotatable bonds is 7. The van der Waals surface area contributed by atoms with Crippen LogP contribution in [0, 0.1) is 6.92 Å². The van der Waals surface area contributed by atoms with Gasteiger partial charge in [-0.1, -0.05) is 31.0 Å². The molecule has 0 aliphatic heterocycles. The summed E-state index contributed by atoms with van der Waals surface area (Å²) in [5, 5.41) is 3.37. The zero-order valence-corrected chi connectivity index (χ0v) is 16.6. The molecule has 0 spiro atoms. The van der Waals surface area contributed by atoms with Crippen molar-refractivity contribution in [2.45, 2.75) is 44.6 Å². The molecule has 0 fully saturated rings. The van der Waals surface area contributed by atoms with E-state index < -0.39 is 10.0 Å². The molecule has 1 atom stereocenters. The van der Waals surface area contributed by atoms with E-state index in [1.54, 1.807) is 25.1 Å². The van der Waals surface area contributed by atoms with Gasteiger partial charge in [-0.05, 0) is 62.2 Å². The Morgan fingerprint density at radius 3 is 2.42 bits per heavy atom. The number of nitrogens with one attached hydrogen (secondary N) is 2. The summed E-state index contributed by atoms with van der Waals surface area (Å²) < 4.78 is 27.7. The van der Waals surface area contributed by atoms with Crippen LogP contribution in [-0.2, 0) is 10.0 Å². The molecule has 7 heteroatoms. The number of sulfonamides is 1. The highest BCUT2D eigenvalue weighted by molar-refractivity contribution is 7.92. The minimum Gasteiger partial charge on any atom is -0.350 e. The molecule has 0 aromatic heterocycles. The molecule has 2 aromatic rings. The van der Waals surface area contributed by atoms with Crippen molar-refractivity contribution in [2.75, 3.05) is 4.72 Å². The first-order chi connectivity index (χ1) is 12.2. The van der Waals surface area contributed by atoms with Crippen molar-refractivity contribution in [3.8, 4) is 0 Å². The minimum absolute atomic E-state index is 0.0583. The van der Waals surface area contributed by atoms with E-state index in [-0.39, 0.29) is 16.8 Å². The average Bonchev–Trinajstić information content (AvgIpc) is 2.57. The lowest BCUT2D eigenvalue weighted by Crippen LogP contribution is -2.32. The molecule has 0 aliphatic rings. The molecular formula is C19H23ClN2O3S. The Kier molecular flexibility index (Phi) is 6.67. The Balaban J connectivity index is 2.24. The molecular weight excluding hydrogens is 372 g/mol. The van der Waals surface area contributed by atoms with Gasteiger partial charge in [-0.2, -0.15) is 0 Å². The van der Waals surface area contributed by atoms with Crippen LogP contribution in [0.25, 0.3) is 0 Å². The van der Waals surface area contributed by atoms with Gasteiger partial charge in [0.1, 0.15) is 0 Å². The van der Waals surface area contributed by atoms with Crippen LogP contribution in [0.3, 0.4) is 0 Å². The van der Waals surface area contributed by atoms with Gasteiger partial charge in [-0.3, -0.25) is 9.52 Å². The molecule has 0 unspecified atom stereocenters. The molecule has 0 saturated heterocycles. The fraction of sp³-hybridized carbons (Fsp3) is 0.316. The number of carbonyl (C=O) groups excluding carboxylic acids is 1. The Morgan fingerprint density at radius 1 is 1.15 bits per heavy atom. The summed E-state index contributed by atoms with van der Waals surface area (Å²) in [7, 11) is -3.77. The molecule has 2 rings (SSSR count). The monoisotopic (exact) mass is 394 g/mol. The predicted octanol–water partition coefficient (Wildman–Crippen LogP) is 4.37. The van der Waals surface area contributed by atoms with E-state index in [0.717, 1.165) is 18.4 Å². The smallest absolute Gasteiger partial charge is 0.261 e. The zero-order chi connectivity index (χ0) is 19.3. The SMILES string of the molecule is CCC[C@H](C)NC(=O)c1ccc(C)c(NS(=O)(=O)c2ccc(Cl)cc2)c1. The van der Waals surface area contributed by atoms with Crippen molar-refractivity contribution in [2.24, 2.45) is 0 Å². The second kappa shape index (κ2) is 8.56. The van der Waals surface area contributed by atoms with Crippen molar-refractivity contribution in [1.82, 2.24) is 5.32 Å². The molecule has 0 heterocycles. The largest absolute Gasteiger partial charge is 0.350 e. The minimum atomic E-state index is -3.77. The first kappa shape index (κ1) is 20.3. The quantitative estimate of drug-likeness (QED) is 0.732. The van der Waals surface area contributed by atoms with E-state index in [1.807, 2.05) is 6.92 Å². The third kappa shape index (κ3) is 5.22. The van der Waals surface area contributed by atoms with Crippen molar-refractivity contribution in [3.05, 3.63) is 58.6 Å². The second-order valence-corrected chi connectivity index (χ2v) is 8.37. The van der Waals surface area contributed by atoms with Gasteiger partial charge in [-0.15, -0.1) is 0 Å². The van der Waals surface area contributed by atoms with Crippen LogP contribution in [0.1, 0.15) is 42.6 Å².